The second-order valence-corrected chi connectivity index (χ2v) is 12.6. The number of aliphatic hydroxyl groups is 1. The quantitative estimate of drug-likeness (QED) is 0.274. The van der Waals surface area contributed by atoms with Gasteiger partial charge in [-0.1, -0.05) is 52.2 Å². The van der Waals surface area contributed by atoms with Gasteiger partial charge in [-0.15, -0.1) is 12.4 Å². The van der Waals surface area contributed by atoms with Crippen molar-refractivity contribution < 1.29 is 24.2 Å². The molecule has 0 radical (unpaired) electrons. The number of hydrogen-bond acceptors (Lipinski definition) is 6. The highest BCUT2D eigenvalue weighted by Gasteiger charge is 2.55. The van der Waals surface area contributed by atoms with E-state index in [1.54, 1.807) is 29.2 Å². The highest BCUT2D eigenvalue weighted by Crippen LogP contribution is 2.35. The third-order valence-electron chi connectivity index (χ3n) is 9.15. The number of carbonyl (C=O) groups excluding carboxylic acids is 3. The number of aliphatic hydroxyl groups excluding tert-OH is 1. The van der Waals surface area contributed by atoms with Crippen molar-refractivity contribution in [3.63, 3.8) is 0 Å². The molecule has 2 saturated heterocycles. The summed E-state index contributed by atoms with van der Waals surface area (Å²) >= 11 is 0. The number of rotatable bonds is 13. The molecule has 1 spiro atoms. The Morgan fingerprint density at radius 2 is 1.58 bits per heavy atom. The van der Waals surface area contributed by atoms with Crippen LogP contribution in [0.2, 0.25) is 0 Å². The first-order valence-corrected chi connectivity index (χ1v) is 16.3. The minimum Gasteiger partial charge on any atom is -0.457 e. The standard InChI is InChI=1S/C35H50N4O5.ClH/c1-6-9-20-39-33(42)30(31(40)26(7-2)8-3)37-34(43)35(39)18-21-38(22-19-35)23-25-10-14-28(15-11-25)44-29-16-12-27(13-17-29)32(41)36-24(4)5;/h10-17,24,26,30-31,40H,6-9,18-23H2,1-5H3,(H,36,41)(H,37,43);1H/t30-,31-;/m1./s1. The molecule has 3 N–H and O–H groups in total. The van der Waals surface area contributed by atoms with Crippen LogP contribution in [-0.2, 0) is 16.1 Å². The molecule has 0 unspecified atom stereocenters. The Morgan fingerprint density at radius 1 is 1.00 bits per heavy atom. The Labute approximate surface area is 274 Å². The van der Waals surface area contributed by atoms with Crippen molar-refractivity contribution in [3.8, 4) is 11.5 Å². The van der Waals surface area contributed by atoms with Crippen LogP contribution >= 0.6 is 12.4 Å². The molecule has 45 heavy (non-hydrogen) atoms. The van der Waals surface area contributed by atoms with Crippen LogP contribution < -0.4 is 15.4 Å². The summed E-state index contributed by atoms with van der Waals surface area (Å²) in [5.41, 5.74) is 0.858. The molecule has 0 bridgehead atoms. The molecule has 0 saturated carbocycles. The van der Waals surface area contributed by atoms with Crippen LogP contribution in [0, 0.1) is 5.92 Å². The molecular weight excluding hydrogens is 592 g/mol. The van der Waals surface area contributed by atoms with Crippen molar-refractivity contribution in [1.29, 1.82) is 0 Å². The van der Waals surface area contributed by atoms with E-state index in [1.165, 1.54) is 0 Å². The Kier molecular flexibility index (Phi) is 13.3. The number of ether oxygens (including phenoxy) is 1. The van der Waals surface area contributed by atoms with E-state index in [9.17, 15) is 19.5 Å². The SMILES string of the molecule is CCCCN1C(=O)[C@@H]([C@H](O)C(CC)CC)NC(=O)C12CCN(Cc1ccc(Oc3ccc(C(=O)NC(C)C)cc3)cc1)CC2.Cl. The van der Waals surface area contributed by atoms with Crippen molar-refractivity contribution in [2.75, 3.05) is 19.6 Å². The van der Waals surface area contributed by atoms with Gasteiger partial charge in [-0.2, -0.15) is 0 Å². The lowest BCUT2D eigenvalue weighted by Crippen LogP contribution is -2.75. The number of hydrogen-bond donors (Lipinski definition) is 3. The zero-order valence-electron chi connectivity index (χ0n) is 27.4. The fourth-order valence-electron chi connectivity index (χ4n) is 6.41. The molecule has 2 aromatic carbocycles. The lowest BCUT2D eigenvalue weighted by atomic mass is 9.79. The van der Waals surface area contributed by atoms with Gasteiger partial charge in [0.25, 0.3) is 5.91 Å². The molecular formula is C35H51ClN4O5. The summed E-state index contributed by atoms with van der Waals surface area (Å²) in [6.07, 6.45) is 3.50. The number of carbonyl (C=O) groups is 3. The first-order chi connectivity index (χ1) is 21.1. The molecule has 3 amide bonds. The van der Waals surface area contributed by atoms with E-state index in [0.29, 0.717) is 49.5 Å². The highest BCUT2D eigenvalue weighted by atomic mass is 35.5. The minimum absolute atomic E-state index is 0. The maximum absolute atomic E-state index is 13.8. The molecule has 2 atom stereocenters. The van der Waals surface area contributed by atoms with E-state index in [4.69, 9.17) is 4.74 Å². The van der Waals surface area contributed by atoms with Crippen molar-refractivity contribution in [3.05, 3.63) is 59.7 Å². The van der Waals surface area contributed by atoms with Gasteiger partial charge in [0.1, 0.15) is 23.1 Å². The van der Waals surface area contributed by atoms with E-state index in [1.807, 2.05) is 52.0 Å². The van der Waals surface area contributed by atoms with Crippen LogP contribution in [-0.4, -0.2) is 76.0 Å². The number of halogens is 1. The Hall–Kier alpha value is -3.14. The number of nitrogens with one attached hydrogen (secondary N) is 2. The summed E-state index contributed by atoms with van der Waals surface area (Å²) in [5, 5.41) is 16.9. The molecule has 2 aliphatic rings. The number of unbranched alkanes of at least 4 members (excludes halogenated alkanes) is 1. The highest BCUT2D eigenvalue weighted by molar-refractivity contribution is 6.00. The Morgan fingerprint density at radius 3 is 2.11 bits per heavy atom. The van der Waals surface area contributed by atoms with E-state index in [-0.39, 0.29) is 42.1 Å². The number of nitrogens with zero attached hydrogens (tertiary/aromatic N) is 2. The van der Waals surface area contributed by atoms with Crippen LogP contribution in [0.15, 0.2) is 48.5 Å². The molecule has 2 aromatic rings. The van der Waals surface area contributed by atoms with Crippen molar-refractivity contribution in [2.45, 2.75) is 103 Å². The normalized spacial score (nSPS) is 18.9. The van der Waals surface area contributed by atoms with E-state index in [2.05, 4.69) is 22.5 Å². The number of likely N-dealkylation sites (tertiary alicyclic amines) is 1. The van der Waals surface area contributed by atoms with Gasteiger partial charge in [0.05, 0.1) is 6.10 Å². The van der Waals surface area contributed by atoms with Crippen LogP contribution in [0.1, 0.15) is 89.1 Å². The maximum Gasteiger partial charge on any atom is 0.251 e. The van der Waals surface area contributed by atoms with Gasteiger partial charge in [0, 0.05) is 37.8 Å². The summed E-state index contributed by atoms with van der Waals surface area (Å²) in [6, 6.07) is 14.2. The first kappa shape index (κ1) is 36.3. The van der Waals surface area contributed by atoms with Crippen LogP contribution in [0.25, 0.3) is 0 Å². The Bertz CT molecular complexity index is 1260. The van der Waals surface area contributed by atoms with Crippen LogP contribution in [0.5, 0.6) is 11.5 Å². The largest absolute Gasteiger partial charge is 0.457 e. The van der Waals surface area contributed by atoms with Gasteiger partial charge in [0.15, 0.2) is 0 Å². The van der Waals surface area contributed by atoms with Gasteiger partial charge in [-0.3, -0.25) is 19.3 Å². The second-order valence-electron chi connectivity index (χ2n) is 12.6. The van der Waals surface area contributed by atoms with Gasteiger partial charge in [-0.05, 0) is 81.0 Å². The minimum atomic E-state index is -0.884. The smallest absolute Gasteiger partial charge is 0.251 e. The fourth-order valence-corrected chi connectivity index (χ4v) is 6.41. The zero-order chi connectivity index (χ0) is 31.9. The number of benzene rings is 2. The van der Waals surface area contributed by atoms with Gasteiger partial charge < -0.3 is 25.4 Å². The monoisotopic (exact) mass is 642 g/mol. The molecule has 10 heteroatoms. The van der Waals surface area contributed by atoms with Crippen molar-refractivity contribution in [2.24, 2.45) is 5.92 Å². The first-order valence-electron chi connectivity index (χ1n) is 16.3. The number of amides is 3. The van der Waals surface area contributed by atoms with E-state index in [0.717, 1.165) is 37.8 Å². The summed E-state index contributed by atoms with van der Waals surface area (Å²) in [7, 11) is 0. The molecule has 248 valence electrons. The molecule has 0 aliphatic carbocycles. The number of piperazine rings is 1. The molecule has 2 heterocycles. The molecule has 4 rings (SSSR count). The third-order valence-corrected chi connectivity index (χ3v) is 9.15. The third kappa shape index (κ3) is 8.57. The fraction of sp³-hybridized carbons (Fsp3) is 0.571. The summed E-state index contributed by atoms with van der Waals surface area (Å²) in [4.78, 5) is 43.7. The van der Waals surface area contributed by atoms with Gasteiger partial charge in [0.2, 0.25) is 11.8 Å². The average Bonchev–Trinajstić information content (AvgIpc) is 3.01. The van der Waals surface area contributed by atoms with Gasteiger partial charge >= 0.3 is 0 Å². The zero-order valence-corrected chi connectivity index (χ0v) is 28.2. The number of piperidine rings is 1. The topological polar surface area (TPSA) is 111 Å². The molecule has 9 nitrogen and oxygen atoms in total. The summed E-state index contributed by atoms with van der Waals surface area (Å²) in [5.74, 6) is 0.952. The Balaban J connectivity index is 0.00000552. The molecule has 0 aromatic heterocycles. The van der Waals surface area contributed by atoms with Crippen LogP contribution in [0.3, 0.4) is 0 Å². The van der Waals surface area contributed by atoms with E-state index >= 15 is 0 Å². The predicted molar refractivity (Wildman–Crippen MR) is 179 cm³/mol. The van der Waals surface area contributed by atoms with Crippen molar-refractivity contribution in [1.82, 2.24) is 20.4 Å². The predicted octanol–water partition coefficient (Wildman–Crippen LogP) is 5.30. The summed E-state index contributed by atoms with van der Waals surface area (Å²) in [6.45, 7) is 12.6. The molecule has 2 fully saturated rings. The second kappa shape index (κ2) is 16.4. The maximum atomic E-state index is 13.8. The van der Waals surface area contributed by atoms with Crippen LogP contribution in [0.4, 0.5) is 0 Å². The lowest BCUT2D eigenvalue weighted by Gasteiger charge is -2.52. The van der Waals surface area contributed by atoms with E-state index < -0.39 is 17.7 Å². The summed E-state index contributed by atoms with van der Waals surface area (Å²) < 4.78 is 5.99. The van der Waals surface area contributed by atoms with Crippen molar-refractivity contribution >= 4 is 30.1 Å². The lowest BCUT2D eigenvalue weighted by molar-refractivity contribution is -0.165. The average molecular weight is 643 g/mol. The van der Waals surface area contributed by atoms with Gasteiger partial charge in [-0.25, -0.2) is 0 Å². The molecule has 2 aliphatic heterocycles.